The molecule has 0 spiro atoms. The molecule has 1 unspecified atom stereocenters. The number of hydrogen-bond donors (Lipinski definition) is 2. The van der Waals surface area contributed by atoms with Gasteiger partial charge in [0, 0.05) is 59.4 Å². The number of aromatic nitrogens is 3. The summed E-state index contributed by atoms with van der Waals surface area (Å²) in [7, 11) is 0. The number of nitrogens with zero attached hydrogens (tertiary/aromatic N) is 3. The van der Waals surface area contributed by atoms with Crippen molar-refractivity contribution in [3.8, 4) is 11.5 Å². The number of pyridine rings is 2. The van der Waals surface area contributed by atoms with Gasteiger partial charge in [-0.05, 0) is 31.9 Å². The van der Waals surface area contributed by atoms with Crippen molar-refractivity contribution in [3.05, 3.63) is 47.7 Å². The molecule has 1 aromatic carbocycles. The van der Waals surface area contributed by atoms with Gasteiger partial charge in [-0.25, -0.2) is 14.4 Å². The lowest BCUT2D eigenvalue weighted by molar-refractivity contribution is -0.117. The Morgan fingerprint density at radius 2 is 2.06 bits per heavy atom. The minimum absolute atomic E-state index is 0.0344. The number of hydrogen-bond acceptors (Lipinski definition) is 7. The van der Waals surface area contributed by atoms with E-state index in [1.807, 2.05) is 6.92 Å². The second kappa shape index (κ2) is 7.29. The lowest BCUT2D eigenvalue weighted by atomic mass is 9.92. The van der Waals surface area contributed by atoms with E-state index >= 15 is 0 Å². The number of oxazole rings is 1. The molecule has 1 aliphatic heterocycles. The van der Waals surface area contributed by atoms with E-state index in [1.165, 1.54) is 12.1 Å². The fraction of sp³-hybridized carbons (Fsp3) is 0.333. The zero-order valence-electron chi connectivity index (χ0n) is 17.9. The standard InChI is InChI=1S/C24H21FN4O4/c1-12-15-9-27-21(29-22(30)13-2-3-13)6-14(15)16(10-26-12)23-28-19-7-17(18(25)8-20(19)33-23)24(31)4-5-32-11-24/h6-10,13,31H,2-5,11H2,1H3,(H,27,29,30). The predicted molar refractivity (Wildman–Crippen MR) is 118 cm³/mol. The third kappa shape index (κ3) is 3.44. The highest BCUT2D eigenvalue weighted by atomic mass is 19.1. The molecule has 1 aliphatic carbocycles. The fourth-order valence-corrected chi connectivity index (χ4v) is 4.27. The van der Waals surface area contributed by atoms with Gasteiger partial charge in [-0.3, -0.25) is 9.78 Å². The van der Waals surface area contributed by atoms with Crippen molar-refractivity contribution in [2.45, 2.75) is 31.8 Å². The highest BCUT2D eigenvalue weighted by Gasteiger charge is 2.37. The molecular weight excluding hydrogens is 427 g/mol. The van der Waals surface area contributed by atoms with Gasteiger partial charge in [0.05, 0.1) is 12.2 Å². The first kappa shape index (κ1) is 20.2. The summed E-state index contributed by atoms with van der Waals surface area (Å²) in [5, 5.41) is 15.2. The van der Waals surface area contributed by atoms with Crippen LogP contribution in [0, 0.1) is 18.7 Å². The second-order valence-corrected chi connectivity index (χ2v) is 8.79. The van der Waals surface area contributed by atoms with Crippen LogP contribution in [0.2, 0.25) is 0 Å². The molecule has 8 nitrogen and oxygen atoms in total. The van der Waals surface area contributed by atoms with E-state index in [2.05, 4.69) is 20.3 Å². The van der Waals surface area contributed by atoms with Crippen LogP contribution in [0.3, 0.4) is 0 Å². The van der Waals surface area contributed by atoms with E-state index < -0.39 is 11.4 Å². The Morgan fingerprint density at radius 1 is 1.21 bits per heavy atom. The minimum atomic E-state index is -1.38. The second-order valence-electron chi connectivity index (χ2n) is 8.79. The number of halogens is 1. The van der Waals surface area contributed by atoms with Crippen molar-refractivity contribution < 1.29 is 23.4 Å². The van der Waals surface area contributed by atoms with Crippen LogP contribution in [-0.4, -0.2) is 39.2 Å². The number of fused-ring (bicyclic) bond motifs is 2. The first-order valence-electron chi connectivity index (χ1n) is 10.9. The molecule has 168 valence electrons. The lowest BCUT2D eigenvalue weighted by Gasteiger charge is -2.21. The van der Waals surface area contributed by atoms with Gasteiger partial charge in [0.15, 0.2) is 5.58 Å². The highest BCUT2D eigenvalue weighted by Crippen LogP contribution is 2.37. The van der Waals surface area contributed by atoms with Crippen LogP contribution in [0.5, 0.6) is 0 Å². The predicted octanol–water partition coefficient (Wildman–Crippen LogP) is 3.84. The molecule has 3 aromatic heterocycles. The van der Waals surface area contributed by atoms with Crippen molar-refractivity contribution >= 4 is 33.6 Å². The normalized spacial score (nSPS) is 20.6. The van der Waals surface area contributed by atoms with Crippen LogP contribution in [-0.2, 0) is 15.1 Å². The maximum atomic E-state index is 14.8. The zero-order chi connectivity index (χ0) is 22.7. The van der Waals surface area contributed by atoms with Gasteiger partial charge in [0.1, 0.15) is 22.8 Å². The van der Waals surface area contributed by atoms with Gasteiger partial charge < -0.3 is 19.6 Å². The molecule has 9 heteroatoms. The smallest absolute Gasteiger partial charge is 0.229 e. The van der Waals surface area contributed by atoms with Crippen molar-refractivity contribution in [2.24, 2.45) is 5.92 Å². The number of aryl methyl sites for hydroxylation is 1. The summed E-state index contributed by atoms with van der Waals surface area (Å²) in [4.78, 5) is 25.5. The summed E-state index contributed by atoms with van der Waals surface area (Å²) in [5.74, 6) is 0.160. The molecule has 2 N–H and O–H groups in total. The summed E-state index contributed by atoms with van der Waals surface area (Å²) in [6.07, 6.45) is 5.42. The molecule has 6 rings (SSSR count). The van der Waals surface area contributed by atoms with Gasteiger partial charge in [-0.1, -0.05) is 0 Å². The highest BCUT2D eigenvalue weighted by molar-refractivity contribution is 6.00. The Morgan fingerprint density at radius 3 is 2.82 bits per heavy atom. The molecule has 4 aromatic rings. The molecule has 0 bridgehead atoms. The van der Waals surface area contributed by atoms with Gasteiger partial charge in [-0.15, -0.1) is 0 Å². The Hall–Kier alpha value is -3.43. The molecule has 2 aliphatic rings. The molecule has 2 fully saturated rings. The number of rotatable bonds is 4. The largest absolute Gasteiger partial charge is 0.436 e. The first-order chi connectivity index (χ1) is 15.9. The molecule has 33 heavy (non-hydrogen) atoms. The molecule has 4 heterocycles. The molecule has 1 amide bonds. The van der Waals surface area contributed by atoms with Gasteiger partial charge >= 0.3 is 0 Å². The molecular formula is C24H21FN4O4. The van der Waals surface area contributed by atoms with E-state index in [0.29, 0.717) is 29.9 Å². The van der Waals surface area contributed by atoms with E-state index in [4.69, 9.17) is 9.15 Å². The summed E-state index contributed by atoms with van der Waals surface area (Å²) < 4.78 is 26.0. The summed E-state index contributed by atoms with van der Waals surface area (Å²) in [6.45, 7) is 2.27. The van der Waals surface area contributed by atoms with Crippen molar-refractivity contribution in [3.63, 3.8) is 0 Å². The lowest BCUT2D eigenvalue weighted by Crippen LogP contribution is -2.27. The average molecular weight is 448 g/mol. The van der Waals surface area contributed by atoms with Gasteiger partial charge in [0.2, 0.25) is 11.8 Å². The molecule has 1 saturated heterocycles. The Labute approximate surface area is 187 Å². The average Bonchev–Trinajstić information content (AvgIpc) is 3.43. The van der Waals surface area contributed by atoms with Crippen LogP contribution >= 0.6 is 0 Å². The van der Waals surface area contributed by atoms with E-state index in [0.717, 1.165) is 29.3 Å². The number of anilines is 1. The maximum Gasteiger partial charge on any atom is 0.229 e. The Bertz CT molecular complexity index is 1420. The van der Waals surface area contributed by atoms with Crippen molar-refractivity contribution in [1.82, 2.24) is 15.0 Å². The van der Waals surface area contributed by atoms with Crippen LogP contribution < -0.4 is 5.32 Å². The van der Waals surface area contributed by atoms with Crippen LogP contribution in [0.25, 0.3) is 33.3 Å². The van der Waals surface area contributed by atoms with E-state index in [-0.39, 0.29) is 35.5 Å². The number of nitrogens with one attached hydrogen (secondary N) is 1. The SMILES string of the molecule is Cc1ncc(-c2nc3cc(C4(O)CCOC4)c(F)cc3o2)c2cc(NC(=O)C3CC3)ncc12. The number of ether oxygens (including phenoxy) is 1. The summed E-state index contributed by atoms with van der Waals surface area (Å²) in [5.41, 5.74) is 0.824. The first-order valence-corrected chi connectivity index (χ1v) is 10.9. The van der Waals surface area contributed by atoms with E-state index in [1.54, 1.807) is 18.5 Å². The number of carbonyl (C=O) groups excluding carboxylic acids is 1. The third-order valence-corrected chi connectivity index (χ3v) is 6.38. The summed E-state index contributed by atoms with van der Waals surface area (Å²) in [6, 6.07) is 4.53. The maximum absolute atomic E-state index is 14.8. The number of benzene rings is 1. The van der Waals surface area contributed by atoms with Crippen molar-refractivity contribution in [1.29, 1.82) is 0 Å². The molecule has 0 radical (unpaired) electrons. The monoisotopic (exact) mass is 448 g/mol. The Balaban J connectivity index is 1.45. The van der Waals surface area contributed by atoms with E-state index in [9.17, 15) is 14.3 Å². The topological polar surface area (TPSA) is 110 Å². The third-order valence-electron chi connectivity index (χ3n) is 6.38. The van der Waals surface area contributed by atoms with Crippen molar-refractivity contribution in [2.75, 3.05) is 18.5 Å². The van der Waals surface area contributed by atoms with Crippen LogP contribution in [0.4, 0.5) is 10.2 Å². The fourth-order valence-electron chi connectivity index (χ4n) is 4.27. The van der Waals surface area contributed by atoms with Crippen LogP contribution in [0.15, 0.2) is 35.0 Å². The number of carbonyl (C=O) groups is 1. The Kier molecular flexibility index (Phi) is 4.46. The molecule has 1 atom stereocenters. The number of aliphatic hydroxyl groups is 1. The zero-order valence-corrected chi connectivity index (χ0v) is 17.9. The van der Waals surface area contributed by atoms with Gasteiger partial charge in [0.25, 0.3) is 0 Å². The quantitative estimate of drug-likeness (QED) is 0.488. The molecule has 1 saturated carbocycles. The summed E-state index contributed by atoms with van der Waals surface area (Å²) >= 11 is 0. The number of amides is 1. The van der Waals surface area contributed by atoms with Gasteiger partial charge in [-0.2, -0.15) is 0 Å². The minimum Gasteiger partial charge on any atom is -0.436 e. The van der Waals surface area contributed by atoms with Crippen LogP contribution in [0.1, 0.15) is 30.5 Å².